The second-order valence-electron chi connectivity index (χ2n) is 7.67. The van der Waals surface area contributed by atoms with Crippen molar-refractivity contribution in [2.24, 2.45) is 11.8 Å². The highest BCUT2D eigenvalue weighted by Gasteiger charge is 2.71. The summed E-state index contributed by atoms with van der Waals surface area (Å²) >= 11 is 6.34. The lowest BCUT2D eigenvalue weighted by molar-refractivity contribution is -0.143. The summed E-state index contributed by atoms with van der Waals surface area (Å²) in [7, 11) is 1.49. The summed E-state index contributed by atoms with van der Waals surface area (Å²) in [5, 5.41) is 16.6. The van der Waals surface area contributed by atoms with Gasteiger partial charge in [0.05, 0.1) is 41.8 Å². The minimum absolute atomic E-state index is 0.104. The topological polar surface area (TPSA) is 108 Å². The number of likely N-dealkylation sites (tertiary alicyclic amines) is 1. The molecule has 3 heterocycles. The molecule has 5 atom stereocenters. The summed E-state index contributed by atoms with van der Waals surface area (Å²) in [6.07, 6.45) is -0.942. The maximum absolute atomic E-state index is 13.3. The quantitative estimate of drug-likeness (QED) is 0.623. The van der Waals surface area contributed by atoms with E-state index in [2.05, 4.69) is 10.6 Å². The Bertz CT molecular complexity index is 889. The number of aliphatic hydroxyl groups excluding tert-OH is 1. The molecular formula is C19H22ClN3O5. The van der Waals surface area contributed by atoms with Crippen molar-refractivity contribution in [3.05, 3.63) is 28.3 Å². The first-order chi connectivity index (χ1) is 13.2. The second-order valence-corrected chi connectivity index (χ2v) is 8.07. The average Bonchev–Trinajstić information content (AvgIpc) is 3.21. The largest absolute Gasteiger partial charge is 0.392 e. The Morgan fingerprint density at radius 3 is 2.68 bits per heavy atom. The van der Waals surface area contributed by atoms with Crippen LogP contribution in [-0.4, -0.2) is 60.1 Å². The average molecular weight is 408 g/mol. The van der Waals surface area contributed by atoms with Crippen LogP contribution in [0.2, 0.25) is 5.02 Å². The Morgan fingerprint density at radius 1 is 1.32 bits per heavy atom. The van der Waals surface area contributed by atoms with Crippen LogP contribution in [0.5, 0.6) is 0 Å². The molecule has 1 aromatic carbocycles. The van der Waals surface area contributed by atoms with Crippen LogP contribution in [0.4, 0.5) is 5.69 Å². The number of benzene rings is 1. The van der Waals surface area contributed by atoms with E-state index >= 15 is 0 Å². The zero-order valence-corrected chi connectivity index (χ0v) is 16.5. The summed E-state index contributed by atoms with van der Waals surface area (Å²) in [4.78, 5) is 40.6. The van der Waals surface area contributed by atoms with Crippen molar-refractivity contribution in [1.29, 1.82) is 0 Å². The highest BCUT2D eigenvalue weighted by Crippen LogP contribution is 2.54. The Hall–Kier alpha value is -2.00. The van der Waals surface area contributed by atoms with Crippen molar-refractivity contribution in [1.82, 2.24) is 10.2 Å². The minimum Gasteiger partial charge on any atom is -0.392 e. The van der Waals surface area contributed by atoms with Gasteiger partial charge < -0.3 is 15.2 Å². The van der Waals surface area contributed by atoms with Crippen LogP contribution in [0.25, 0.3) is 0 Å². The van der Waals surface area contributed by atoms with Gasteiger partial charge in [-0.15, -0.1) is 0 Å². The second kappa shape index (κ2) is 6.52. The Labute approximate surface area is 167 Å². The third-order valence-electron chi connectivity index (χ3n) is 5.98. The van der Waals surface area contributed by atoms with Gasteiger partial charge in [0.1, 0.15) is 5.54 Å². The van der Waals surface area contributed by atoms with Gasteiger partial charge in [-0.3, -0.25) is 24.6 Å². The Balaban J connectivity index is 1.89. The number of carbonyl (C=O) groups excluding carboxylic acids is 3. The number of methoxy groups -OCH3 is 1. The normalized spacial score (nSPS) is 32.1. The molecule has 8 nitrogen and oxygen atoms in total. The van der Waals surface area contributed by atoms with Gasteiger partial charge in [-0.05, 0) is 25.5 Å². The van der Waals surface area contributed by atoms with E-state index in [0.29, 0.717) is 16.3 Å². The SMILES string of the molecule is COCCN1C(=O)[C@@H]2[C@@H]([C@@H](C)O)N[C@@]3(C(=O)Nc4c(Cl)cc(C)cc43)[C@@H]2C1=O. The van der Waals surface area contributed by atoms with Gasteiger partial charge in [0.25, 0.3) is 0 Å². The first-order valence-electron chi connectivity index (χ1n) is 9.16. The minimum atomic E-state index is -1.45. The fourth-order valence-corrected chi connectivity index (χ4v) is 5.12. The maximum atomic E-state index is 13.3. The number of nitrogens with zero attached hydrogens (tertiary/aromatic N) is 1. The molecule has 0 bridgehead atoms. The molecule has 9 heteroatoms. The number of nitrogens with one attached hydrogen (secondary N) is 2. The molecule has 2 saturated heterocycles. The molecule has 0 aromatic heterocycles. The van der Waals surface area contributed by atoms with E-state index in [4.69, 9.17) is 16.3 Å². The van der Waals surface area contributed by atoms with Gasteiger partial charge in [0, 0.05) is 18.7 Å². The van der Waals surface area contributed by atoms with Crippen LogP contribution < -0.4 is 10.6 Å². The number of anilines is 1. The van der Waals surface area contributed by atoms with Gasteiger partial charge >= 0.3 is 0 Å². The number of rotatable bonds is 4. The third kappa shape index (κ3) is 2.38. The van der Waals surface area contributed by atoms with Crippen LogP contribution in [0.15, 0.2) is 12.1 Å². The van der Waals surface area contributed by atoms with Crippen LogP contribution in [-0.2, 0) is 24.7 Å². The molecule has 0 aliphatic carbocycles. The van der Waals surface area contributed by atoms with E-state index in [1.165, 1.54) is 7.11 Å². The van der Waals surface area contributed by atoms with E-state index in [-0.39, 0.29) is 13.2 Å². The molecule has 3 aliphatic heterocycles. The van der Waals surface area contributed by atoms with Crippen molar-refractivity contribution in [3.8, 4) is 0 Å². The van der Waals surface area contributed by atoms with Crippen molar-refractivity contribution in [3.63, 3.8) is 0 Å². The predicted octanol–water partition coefficient (Wildman–Crippen LogP) is 0.396. The summed E-state index contributed by atoms with van der Waals surface area (Å²) in [6.45, 7) is 3.69. The number of hydrogen-bond donors (Lipinski definition) is 3. The number of hydrogen-bond acceptors (Lipinski definition) is 6. The number of carbonyl (C=O) groups is 3. The van der Waals surface area contributed by atoms with Crippen LogP contribution in [0, 0.1) is 18.8 Å². The number of aliphatic hydroxyl groups is 1. The summed E-state index contributed by atoms with van der Waals surface area (Å²) in [5.41, 5.74) is 0.346. The number of halogens is 1. The maximum Gasteiger partial charge on any atom is 0.250 e. The first-order valence-corrected chi connectivity index (χ1v) is 9.53. The first kappa shape index (κ1) is 19.3. The summed E-state index contributed by atoms with van der Waals surface area (Å²) < 4.78 is 5.01. The molecule has 0 radical (unpaired) electrons. The molecular weight excluding hydrogens is 386 g/mol. The highest BCUT2D eigenvalue weighted by atomic mass is 35.5. The van der Waals surface area contributed by atoms with E-state index < -0.39 is 47.2 Å². The molecule has 2 fully saturated rings. The van der Waals surface area contributed by atoms with Crippen molar-refractivity contribution < 1.29 is 24.2 Å². The fraction of sp³-hybridized carbons (Fsp3) is 0.526. The van der Waals surface area contributed by atoms with Crippen molar-refractivity contribution in [2.75, 3.05) is 25.6 Å². The van der Waals surface area contributed by atoms with Crippen LogP contribution in [0.1, 0.15) is 18.1 Å². The molecule has 3 N–H and O–H groups in total. The number of imide groups is 1. The van der Waals surface area contributed by atoms with Gasteiger partial charge in [-0.2, -0.15) is 0 Å². The molecule has 0 unspecified atom stereocenters. The monoisotopic (exact) mass is 407 g/mol. The molecule has 0 saturated carbocycles. The standard InChI is InChI=1S/C19H22ClN3O5/c1-8-6-10-15(11(20)7-8)21-18(27)19(10)13-12(14(22-19)9(2)24)16(25)23(17(13)26)4-5-28-3/h6-7,9,12-14,22,24H,4-5H2,1-3H3,(H,21,27)/t9-,12+,13+,14-,19-/m1/s1. The lowest BCUT2D eigenvalue weighted by atomic mass is 9.76. The van der Waals surface area contributed by atoms with Crippen molar-refractivity contribution in [2.45, 2.75) is 31.5 Å². The van der Waals surface area contributed by atoms with E-state index in [1.807, 2.05) is 6.92 Å². The lowest BCUT2D eigenvalue weighted by Crippen LogP contribution is -2.55. The highest BCUT2D eigenvalue weighted by molar-refractivity contribution is 6.35. The van der Waals surface area contributed by atoms with Crippen LogP contribution in [0.3, 0.4) is 0 Å². The third-order valence-corrected chi connectivity index (χ3v) is 6.28. The van der Waals surface area contributed by atoms with E-state index in [0.717, 1.165) is 10.5 Å². The van der Waals surface area contributed by atoms with Crippen molar-refractivity contribution >= 4 is 35.0 Å². The smallest absolute Gasteiger partial charge is 0.250 e. The molecule has 3 amide bonds. The lowest BCUT2D eigenvalue weighted by Gasteiger charge is -2.30. The molecule has 28 heavy (non-hydrogen) atoms. The molecule has 4 rings (SSSR count). The number of fused-ring (bicyclic) bond motifs is 4. The zero-order valence-electron chi connectivity index (χ0n) is 15.8. The Morgan fingerprint density at radius 2 is 2.04 bits per heavy atom. The fourth-order valence-electron chi connectivity index (χ4n) is 4.80. The summed E-state index contributed by atoms with van der Waals surface area (Å²) in [5.74, 6) is -3.09. The number of ether oxygens (including phenoxy) is 1. The number of aryl methyl sites for hydroxylation is 1. The van der Waals surface area contributed by atoms with Gasteiger partial charge in [-0.25, -0.2) is 0 Å². The number of amides is 3. The predicted molar refractivity (Wildman–Crippen MR) is 101 cm³/mol. The molecule has 1 spiro atoms. The van der Waals surface area contributed by atoms with Gasteiger partial charge in [0.15, 0.2) is 0 Å². The molecule has 150 valence electrons. The summed E-state index contributed by atoms with van der Waals surface area (Å²) in [6, 6.07) is 2.78. The Kier molecular flexibility index (Phi) is 4.50. The van der Waals surface area contributed by atoms with Crippen LogP contribution >= 0.6 is 11.6 Å². The molecule has 3 aliphatic rings. The molecule has 1 aromatic rings. The van der Waals surface area contributed by atoms with E-state index in [1.54, 1.807) is 19.1 Å². The van der Waals surface area contributed by atoms with Gasteiger partial charge in [0.2, 0.25) is 17.7 Å². The van der Waals surface area contributed by atoms with Gasteiger partial charge in [-0.1, -0.05) is 17.7 Å². The zero-order chi connectivity index (χ0) is 20.4. The van der Waals surface area contributed by atoms with E-state index in [9.17, 15) is 19.5 Å².